The number of halogens is 1. The van der Waals surface area contributed by atoms with Crippen LogP contribution >= 0.6 is 24.0 Å². The lowest BCUT2D eigenvalue weighted by Gasteiger charge is -2.32. The number of carbonyl (C=O) groups excluding carboxylic acids is 1. The molecule has 0 radical (unpaired) electrons. The van der Waals surface area contributed by atoms with Gasteiger partial charge in [-0.15, -0.1) is 24.0 Å². The van der Waals surface area contributed by atoms with Crippen LogP contribution in [-0.4, -0.2) is 62.2 Å². The van der Waals surface area contributed by atoms with Gasteiger partial charge in [0.2, 0.25) is 5.91 Å². The maximum Gasteiger partial charge on any atom is 0.241 e. The molecule has 29 heavy (non-hydrogen) atoms. The number of hydrogen-bond donors (Lipinski definition) is 2. The van der Waals surface area contributed by atoms with Gasteiger partial charge >= 0.3 is 0 Å². The number of hydrogen-bond acceptors (Lipinski definition) is 3. The van der Waals surface area contributed by atoms with E-state index in [9.17, 15) is 4.79 Å². The van der Waals surface area contributed by atoms with Gasteiger partial charge in [0.1, 0.15) is 0 Å². The second-order valence-electron chi connectivity index (χ2n) is 8.20. The Labute approximate surface area is 191 Å². The minimum Gasteiger partial charge on any atom is -0.373 e. The number of piperidine rings is 1. The molecule has 162 valence electrons. The first-order chi connectivity index (χ1) is 13.6. The van der Waals surface area contributed by atoms with E-state index in [1.807, 2.05) is 4.90 Å². The molecule has 0 saturated carbocycles. The Balaban J connectivity index is 0.00000300. The first-order valence-electron chi connectivity index (χ1n) is 10.5. The van der Waals surface area contributed by atoms with E-state index < -0.39 is 0 Å². The number of likely N-dealkylation sites (tertiary alicyclic amines) is 1. The molecule has 6 nitrogen and oxygen atoms in total. The number of amides is 1. The fourth-order valence-electron chi connectivity index (χ4n) is 4.07. The van der Waals surface area contributed by atoms with Gasteiger partial charge in [0.05, 0.1) is 12.1 Å². The second kappa shape index (κ2) is 11.7. The number of rotatable bonds is 6. The molecule has 0 bridgehead atoms. The average molecular weight is 514 g/mol. The molecule has 2 aliphatic heterocycles. The van der Waals surface area contributed by atoms with Crippen LogP contribution in [0.5, 0.6) is 0 Å². The summed E-state index contributed by atoms with van der Waals surface area (Å²) in [4.78, 5) is 18.8. The highest BCUT2D eigenvalue weighted by Crippen LogP contribution is 2.24. The van der Waals surface area contributed by atoms with Crippen molar-refractivity contribution in [3.8, 4) is 0 Å². The molecule has 2 saturated heterocycles. The number of benzene rings is 1. The second-order valence-corrected chi connectivity index (χ2v) is 8.20. The van der Waals surface area contributed by atoms with Gasteiger partial charge in [0, 0.05) is 33.3 Å². The number of guanidine groups is 1. The van der Waals surface area contributed by atoms with Gasteiger partial charge in [0.25, 0.3) is 0 Å². The van der Waals surface area contributed by atoms with Crippen molar-refractivity contribution in [1.82, 2.24) is 15.5 Å². The zero-order valence-electron chi connectivity index (χ0n) is 17.7. The van der Waals surface area contributed by atoms with Crippen LogP contribution in [0.25, 0.3) is 0 Å². The zero-order valence-corrected chi connectivity index (χ0v) is 20.0. The van der Waals surface area contributed by atoms with Gasteiger partial charge in [-0.25, -0.2) is 0 Å². The minimum absolute atomic E-state index is 0. The fourth-order valence-corrected chi connectivity index (χ4v) is 4.07. The van der Waals surface area contributed by atoms with Crippen molar-refractivity contribution < 1.29 is 9.53 Å². The number of nitrogens with one attached hydrogen (secondary N) is 2. The van der Waals surface area contributed by atoms with Crippen molar-refractivity contribution in [2.24, 2.45) is 10.9 Å². The van der Waals surface area contributed by atoms with Crippen LogP contribution in [-0.2, 0) is 16.0 Å². The van der Waals surface area contributed by atoms with Crippen LogP contribution in [0, 0.1) is 5.92 Å². The number of ether oxygens (including phenoxy) is 1. The molecule has 1 aromatic carbocycles. The molecule has 1 unspecified atom stereocenters. The van der Waals surface area contributed by atoms with Crippen molar-refractivity contribution >= 4 is 35.8 Å². The first kappa shape index (κ1) is 23.9. The van der Waals surface area contributed by atoms with Crippen molar-refractivity contribution in [2.45, 2.75) is 44.6 Å². The van der Waals surface area contributed by atoms with Crippen LogP contribution in [0.3, 0.4) is 0 Å². The molecule has 2 N–H and O–H groups in total. The molecule has 3 rings (SSSR count). The molecule has 2 heterocycles. The van der Waals surface area contributed by atoms with Crippen molar-refractivity contribution in [2.75, 3.05) is 39.8 Å². The summed E-state index contributed by atoms with van der Waals surface area (Å²) < 4.78 is 5.79. The molecule has 0 aromatic heterocycles. The van der Waals surface area contributed by atoms with E-state index in [-0.39, 0.29) is 42.0 Å². The Morgan fingerprint density at radius 3 is 2.59 bits per heavy atom. The van der Waals surface area contributed by atoms with Crippen LogP contribution in [0.2, 0.25) is 0 Å². The third kappa shape index (κ3) is 7.44. The topological polar surface area (TPSA) is 66.0 Å². The third-order valence-corrected chi connectivity index (χ3v) is 5.90. The van der Waals surface area contributed by atoms with E-state index in [0.29, 0.717) is 18.4 Å². The summed E-state index contributed by atoms with van der Waals surface area (Å²) in [7, 11) is 1.73. The van der Waals surface area contributed by atoms with Crippen LogP contribution in [0.1, 0.15) is 38.2 Å². The Hall–Kier alpha value is -1.35. The highest BCUT2D eigenvalue weighted by molar-refractivity contribution is 14.0. The maximum absolute atomic E-state index is 12.6. The Bertz CT molecular complexity index is 654. The smallest absolute Gasteiger partial charge is 0.241 e. The molecule has 1 amide bonds. The molecule has 1 aromatic rings. The normalized spacial score (nSPS) is 22.8. The van der Waals surface area contributed by atoms with Crippen LogP contribution in [0.15, 0.2) is 35.3 Å². The molecule has 7 heteroatoms. The summed E-state index contributed by atoms with van der Waals surface area (Å²) >= 11 is 0. The predicted molar refractivity (Wildman–Crippen MR) is 128 cm³/mol. The molecule has 2 aliphatic rings. The Morgan fingerprint density at radius 1 is 1.24 bits per heavy atom. The summed E-state index contributed by atoms with van der Waals surface area (Å²) in [6.45, 7) is 5.60. The SMILES string of the molecule is CN=C(NCC(=O)N1CCC(Cc2ccccc2)CC1)NCC1(C)CCCO1.I. The van der Waals surface area contributed by atoms with E-state index >= 15 is 0 Å². The summed E-state index contributed by atoms with van der Waals surface area (Å²) in [5.41, 5.74) is 1.26. The molecular formula is C22H35IN4O2. The van der Waals surface area contributed by atoms with Gasteiger partial charge in [-0.3, -0.25) is 9.79 Å². The van der Waals surface area contributed by atoms with E-state index in [1.165, 1.54) is 5.56 Å². The Morgan fingerprint density at radius 2 is 1.97 bits per heavy atom. The molecule has 2 fully saturated rings. The van der Waals surface area contributed by atoms with E-state index in [4.69, 9.17) is 4.74 Å². The first-order valence-corrected chi connectivity index (χ1v) is 10.5. The lowest BCUT2D eigenvalue weighted by molar-refractivity contribution is -0.131. The van der Waals surface area contributed by atoms with Gasteiger partial charge in [-0.1, -0.05) is 30.3 Å². The van der Waals surface area contributed by atoms with Gasteiger partial charge < -0.3 is 20.3 Å². The van der Waals surface area contributed by atoms with E-state index in [0.717, 1.165) is 51.8 Å². The third-order valence-electron chi connectivity index (χ3n) is 5.90. The van der Waals surface area contributed by atoms with Crippen molar-refractivity contribution in [3.05, 3.63) is 35.9 Å². The van der Waals surface area contributed by atoms with Crippen LogP contribution < -0.4 is 10.6 Å². The highest BCUT2D eigenvalue weighted by Gasteiger charge is 2.30. The summed E-state index contributed by atoms with van der Waals surface area (Å²) in [5, 5.41) is 6.44. The zero-order chi connectivity index (χ0) is 19.8. The predicted octanol–water partition coefficient (Wildman–Crippen LogP) is 2.82. The standard InChI is InChI=1S/C22H34N4O2.HI/c1-22(11-6-14-28-22)17-25-21(23-2)24-16-20(27)26-12-9-19(10-13-26)15-18-7-4-3-5-8-18;/h3-5,7-8,19H,6,9-17H2,1-2H3,(H2,23,24,25);1H. The Kier molecular flexibility index (Phi) is 9.68. The number of nitrogens with zero attached hydrogens (tertiary/aromatic N) is 2. The monoisotopic (exact) mass is 514 g/mol. The largest absolute Gasteiger partial charge is 0.373 e. The van der Waals surface area contributed by atoms with Crippen LogP contribution in [0.4, 0.5) is 0 Å². The number of aliphatic imine (C=N–C) groups is 1. The molecule has 1 atom stereocenters. The van der Waals surface area contributed by atoms with E-state index in [2.05, 4.69) is 52.9 Å². The fraction of sp³-hybridized carbons (Fsp3) is 0.636. The molecule has 0 spiro atoms. The lowest BCUT2D eigenvalue weighted by Crippen LogP contribution is -2.49. The number of carbonyl (C=O) groups is 1. The highest BCUT2D eigenvalue weighted by atomic mass is 127. The minimum atomic E-state index is -0.137. The summed E-state index contributed by atoms with van der Waals surface area (Å²) in [6.07, 6.45) is 5.40. The molecular weight excluding hydrogens is 479 g/mol. The van der Waals surface area contributed by atoms with Gasteiger partial charge in [0.15, 0.2) is 5.96 Å². The lowest BCUT2D eigenvalue weighted by atomic mass is 9.90. The van der Waals surface area contributed by atoms with Crippen molar-refractivity contribution in [1.29, 1.82) is 0 Å². The van der Waals surface area contributed by atoms with Gasteiger partial charge in [-0.2, -0.15) is 0 Å². The van der Waals surface area contributed by atoms with Crippen molar-refractivity contribution in [3.63, 3.8) is 0 Å². The quantitative estimate of drug-likeness (QED) is 0.348. The molecule has 0 aliphatic carbocycles. The summed E-state index contributed by atoms with van der Waals surface area (Å²) in [5.74, 6) is 1.47. The average Bonchev–Trinajstić information content (AvgIpc) is 3.16. The summed E-state index contributed by atoms with van der Waals surface area (Å²) in [6, 6.07) is 10.6. The maximum atomic E-state index is 12.6. The van der Waals surface area contributed by atoms with E-state index in [1.54, 1.807) is 7.05 Å². The van der Waals surface area contributed by atoms with Gasteiger partial charge in [-0.05, 0) is 50.5 Å².